The molecule has 7 heteroatoms. The first-order valence-electron chi connectivity index (χ1n) is 8.75. The lowest BCUT2D eigenvalue weighted by Crippen LogP contribution is -2.22. The zero-order chi connectivity index (χ0) is 19.9. The van der Waals surface area contributed by atoms with Crippen molar-refractivity contribution in [2.24, 2.45) is 4.99 Å². The fourth-order valence-corrected chi connectivity index (χ4v) is 3.68. The smallest absolute Gasteiger partial charge is 0.326 e. The maximum atomic E-state index is 12.3. The average Bonchev–Trinajstić information content (AvgIpc) is 3.03. The number of carbonyl (C=O) groups excluding carboxylic acids is 2. The van der Waals surface area contributed by atoms with Crippen LogP contribution >= 0.6 is 11.3 Å². The lowest BCUT2D eigenvalue weighted by molar-refractivity contribution is -0.143. The minimum Gasteiger partial charge on any atom is -0.497 e. The number of rotatable bonds is 6. The predicted octanol–water partition coefficient (Wildman–Crippen LogP) is 3.42. The maximum absolute atomic E-state index is 12.3. The molecule has 0 spiro atoms. The third-order valence-corrected chi connectivity index (χ3v) is 4.95. The number of hydrogen-bond acceptors (Lipinski definition) is 5. The van der Waals surface area contributed by atoms with Gasteiger partial charge in [-0.1, -0.05) is 41.7 Å². The highest BCUT2D eigenvalue weighted by atomic mass is 32.1. The molecular formula is C21H20N2O4S. The van der Waals surface area contributed by atoms with Crippen LogP contribution in [0.1, 0.15) is 12.5 Å². The monoisotopic (exact) mass is 396 g/mol. The summed E-state index contributed by atoms with van der Waals surface area (Å²) in [6, 6.07) is 15.0. The van der Waals surface area contributed by atoms with Gasteiger partial charge in [0, 0.05) is 6.08 Å². The van der Waals surface area contributed by atoms with Crippen molar-refractivity contribution in [3.63, 3.8) is 0 Å². The first kappa shape index (κ1) is 19.6. The van der Waals surface area contributed by atoms with Gasteiger partial charge in [-0.2, -0.15) is 4.99 Å². The first-order chi connectivity index (χ1) is 13.6. The summed E-state index contributed by atoms with van der Waals surface area (Å²) in [5, 5.41) is 0. The number of fused-ring (bicyclic) bond motifs is 1. The van der Waals surface area contributed by atoms with Crippen molar-refractivity contribution in [2.45, 2.75) is 13.5 Å². The van der Waals surface area contributed by atoms with Crippen molar-refractivity contribution in [2.75, 3.05) is 13.7 Å². The number of aromatic nitrogens is 1. The summed E-state index contributed by atoms with van der Waals surface area (Å²) in [6.45, 7) is 2.03. The van der Waals surface area contributed by atoms with E-state index < -0.39 is 5.91 Å². The Kier molecular flexibility index (Phi) is 6.39. The first-order valence-corrected chi connectivity index (χ1v) is 9.57. The minimum atomic E-state index is -0.403. The van der Waals surface area contributed by atoms with Gasteiger partial charge in [0.1, 0.15) is 12.3 Å². The lowest BCUT2D eigenvalue weighted by atomic mass is 10.2. The van der Waals surface area contributed by atoms with Crippen molar-refractivity contribution < 1.29 is 19.1 Å². The quantitative estimate of drug-likeness (QED) is 0.473. The van der Waals surface area contributed by atoms with E-state index >= 15 is 0 Å². The number of benzene rings is 2. The molecule has 2 aromatic carbocycles. The third kappa shape index (κ3) is 4.75. The van der Waals surface area contributed by atoms with Crippen LogP contribution in [0.5, 0.6) is 5.75 Å². The Morgan fingerprint density at radius 3 is 2.68 bits per heavy atom. The second-order valence-corrected chi connectivity index (χ2v) is 6.81. The van der Waals surface area contributed by atoms with Crippen LogP contribution in [-0.4, -0.2) is 30.2 Å². The van der Waals surface area contributed by atoms with Gasteiger partial charge in [-0.25, -0.2) is 0 Å². The van der Waals surface area contributed by atoms with Gasteiger partial charge < -0.3 is 14.0 Å². The average molecular weight is 396 g/mol. The van der Waals surface area contributed by atoms with E-state index in [4.69, 9.17) is 9.47 Å². The summed E-state index contributed by atoms with van der Waals surface area (Å²) in [5.74, 6) is -0.0920. The Labute approximate surface area is 166 Å². The summed E-state index contributed by atoms with van der Waals surface area (Å²) in [7, 11) is 1.59. The molecule has 0 atom stereocenters. The zero-order valence-corrected chi connectivity index (χ0v) is 16.4. The van der Waals surface area contributed by atoms with Gasteiger partial charge in [-0.3, -0.25) is 9.59 Å². The van der Waals surface area contributed by atoms with Crippen molar-refractivity contribution in [1.29, 1.82) is 0 Å². The number of ether oxygens (including phenoxy) is 2. The van der Waals surface area contributed by atoms with E-state index in [0.29, 0.717) is 17.2 Å². The van der Waals surface area contributed by atoms with Gasteiger partial charge in [0.25, 0.3) is 5.91 Å². The van der Waals surface area contributed by atoms with Gasteiger partial charge in [-0.15, -0.1) is 0 Å². The lowest BCUT2D eigenvalue weighted by Gasteiger charge is -2.05. The number of thiazole rings is 1. The Bertz CT molecular complexity index is 1080. The normalized spacial score (nSPS) is 11.9. The molecule has 1 amide bonds. The van der Waals surface area contributed by atoms with E-state index in [9.17, 15) is 9.59 Å². The largest absolute Gasteiger partial charge is 0.497 e. The van der Waals surface area contributed by atoms with Gasteiger partial charge in [0.2, 0.25) is 0 Å². The van der Waals surface area contributed by atoms with Crippen LogP contribution in [0.4, 0.5) is 0 Å². The molecule has 0 saturated heterocycles. The second-order valence-electron chi connectivity index (χ2n) is 5.80. The molecule has 144 valence electrons. The molecule has 0 unspecified atom stereocenters. The summed E-state index contributed by atoms with van der Waals surface area (Å²) in [5.41, 5.74) is 1.70. The Balaban J connectivity index is 1.99. The zero-order valence-electron chi connectivity index (χ0n) is 15.6. The molecular weight excluding hydrogens is 376 g/mol. The number of hydrogen-bond donors (Lipinski definition) is 0. The molecule has 0 aliphatic carbocycles. The molecule has 1 heterocycles. The molecule has 0 bridgehead atoms. The number of nitrogens with zero attached hydrogens (tertiary/aromatic N) is 2. The van der Waals surface area contributed by atoms with E-state index in [0.717, 1.165) is 15.8 Å². The molecule has 0 aliphatic rings. The molecule has 0 N–H and O–H groups in total. The van der Waals surface area contributed by atoms with Crippen LogP contribution in [0.2, 0.25) is 0 Å². The van der Waals surface area contributed by atoms with Gasteiger partial charge in [0.15, 0.2) is 4.80 Å². The highest BCUT2D eigenvalue weighted by molar-refractivity contribution is 7.16. The molecule has 28 heavy (non-hydrogen) atoms. The molecule has 1 aromatic heterocycles. The Morgan fingerprint density at radius 1 is 1.18 bits per heavy atom. The molecule has 0 aliphatic heterocycles. The summed E-state index contributed by atoms with van der Waals surface area (Å²) in [4.78, 5) is 29.0. The van der Waals surface area contributed by atoms with E-state index in [2.05, 4.69) is 4.99 Å². The Morgan fingerprint density at radius 2 is 1.96 bits per heavy atom. The summed E-state index contributed by atoms with van der Waals surface area (Å²) < 4.78 is 12.9. The number of carbonyl (C=O) groups is 2. The van der Waals surface area contributed by atoms with Crippen LogP contribution in [-0.2, 0) is 20.9 Å². The predicted molar refractivity (Wildman–Crippen MR) is 109 cm³/mol. The molecule has 0 saturated carbocycles. The van der Waals surface area contributed by atoms with Crippen LogP contribution in [0.3, 0.4) is 0 Å². The molecule has 0 radical (unpaired) electrons. The van der Waals surface area contributed by atoms with E-state index in [1.807, 2.05) is 42.5 Å². The highest BCUT2D eigenvalue weighted by Gasteiger charge is 2.12. The number of methoxy groups -OCH3 is 1. The van der Waals surface area contributed by atoms with Crippen molar-refractivity contribution in [1.82, 2.24) is 4.57 Å². The van der Waals surface area contributed by atoms with Crippen molar-refractivity contribution in [3.8, 4) is 5.75 Å². The van der Waals surface area contributed by atoms with Crippen LogP contribution in [0.25, 0.3) is 16.3 Å². The SMILES string of the molecule is CCOC(=O)Cn1c(=NC(=O)/C=C/c2ccccc2)sc2cc(OC)ccc21. The molecule has 3 aromatic rings. The summed E-state index contributed by atoms with van der Waals surface area (Å²) in [6.07, 6.45) is 3.12. The summed E-state index contributed by atoms with van der Waals surface area (Å²) >= 11 is 1.32. The van der Waals surface area contributed by atoms with Gasteiger partial charge >= 0.3 is 5.97 Å². The van der Waals surface area contributed by atoms with Gasteiger partial charge in [-0.05, 0) is 36.8 Å². The van der Waals surface area contributed by atoms with Crippen LogP contribution < -0.4 is 9.54 Å². The fourth-order valence-electron chi connectivity index (χ4n) is 2.62. The molecule has 0 fully saturated rings. The Hall–Kier alpha value is -3.19. The van der Waals surface area contributed by atoms with Crippen LogP contribution in [0, 0.1) is 0 Å². The van der Waals surface area contributed by atoms with Crippen molar-refractivity contribution >= 4 is 39.5 Å². The highest BCUT2D eigenvalue weighted by Crippen LogP contribution is 2.23. The molecule has 6 nitrogen and oxygen atoms in total. The second kappa shape index (κ2) is 9.14. The third-order valence-electron chi connectivity index (χ3n) is 3.91. The number of amides is 1. The standard InChI is InChI=1S/C21H20N2O4S/c1-3-27-20(25)14-23-17-11-10-16(26-2)13-18(17)28-21(23)22-19(24)12-9-15-7-5-4-6-8-15/h4-13H,3,14H2,1-2H3/b12-9+,22-21?. The fraction of sp³-hybridized carbons (Fsp3) is 0.190. The number of esters is 1. The van der Waals surface area contributed by atoms with Gasteiger partial charge in [0.05, 0.1) is 23.9 Å². The van der Waals surface area contributed by atoms with Crippen LogP contribution in [0.15, 0.2) is 59.6 Å². The van der Waals surface area contributed by atoms with E-state index in [1.54, 1.807) is 30.7 Å². The maximum Gasteiger partial charge on any atom is 0.326 e. The topological polar surface area (TPSA) is 69.9 Å². The molecule has 3 rings (SSSR count). The minimum absolute atomic E-state index is 0.0192. The van der Waals surface area contributed by atoms with E-state index in [-0.39, 0.29) is 12.5 Å². The van der Waals surface area contributed by atoms with E-state index in [1.165, 1.54) is 17.4 Å². The van der Waals surface area contributed by atoms with Crippen molar-refractivity contribution in [3.05, 3.63) is 65.0 Å².